The van der Waals surface area contributed by atoms with Crippen LogP contribution in [0, 0.1) is 17.2 Å². The van der Waals surface area contributed by atoms with Gasteiger partial charge in [-0.05, 0) is 68.0 Å². The van der Waals surface area contributed by atoms with Crippen LogP contribution < -0.4 is 14.8 Å². The molecule has 1 saturated carbocycles. The number of rotatable bonds is 8. The Labute approximate surface area is 219 Å². The van der Waals surface area contributed by atoms with Gasteiger partial charge in [0.25, 0.3) is 5.91 Å². The highest BCUT2D eigenvalue weighted by Crippen LogP contribution is 2.35. The van der Waals surface area contributed by atoms with Gasteiger partial charge in [0, 0.05) is 18.8 Å². The van der Waals surface area contributed by atoms with Crippen molar-refractivity contribution < 1.29 is 14.3 Å². The molecule has 3 heterocycles. The van der Waals surface area contributed by atoms with Crippen molar-refractivity contribution in [3.05, 3.63) is 78.5 Å². The van der Waals surface area contributed by atoms with Crippen LogP contribution in [0.4, 0.5) is 5.82 Å². The van der Waals surface area contributed by atoms with Crippen molar-refractivity contribution in [3.8, 4) is 29.1 Å². The molecule has 2 aromatic carbocycles. The molecular weight excluding hydrogens is 480 g/mol. The SMILES string of the molecule is N#CC(=CC1CC1)C(=O)N1CCCC1Nc1n[nH]c2nccc(Oc3ccc(Oc4ccccc4)cc3)c12. The molecule has 9 heteroatoms. The third-order valence-electron chi connectivity index (χ3n) is 6.65. The number of nitriles is 1. The van der Waals surface area contributed by atoms with Crippen LogP contribution in [0.25, 0.3) is 11.0 Å². The molecule has 1 amide bonds. The van der Waals surface area contributed by atoms with Gasteiger partial charge in [0.15, 0.2) is 11.5 Å². The minimum Gasteiger partial charge on any atom is -0.457 e. The van der Waals surface area contributed by atoms with Crippen molar-refractivity contribution in [2.45, 2.75) is 31.8 Å². The highest BCUT2D eigenvalue weighted by atomic mass is 16.5. The van der Waals surface area contributed by atoms with E-state index in [9.17, 15) is 10.1 Å². The number of benzene rings is 2. The minimum atomic E-state index is -0.285. The standard InChI is InChI=1S/C29H26N6O3/c30-18-20(17-19-8-9-19)29(36)35-16-4-7-25(35)32-28-26-24(14-15-31-27(26)33-34-28)38-23-12-10-22(11-13-23)37-21-5-2-1-3-6-21/h1-3,5-6,10-15,17,19,25H,4,7-9,16H2,(H2,31,32,33,34). The molecule has 190 valence electrons. The van der Waals surface area contributed by atoms with Gasteiger partial charge in [-0.3, -0.25) is 9.89 Å². The topological polar surface area (TPSA) is 116 Å². The van der Waals surface area contributed by atoms with Gasteiger partial charge in [0.05, 0.1) is 0 Å². The molecule has 4 aromatic rings. The first-order chi connectivity index (χ1) is 18.7. The summed E-state index contributed by atoms with van der Waals surface area (Å²) in [7, 11) is 0. The van der Waals surface area contributed by atoms with Gasteiger partial charge < -0.3 is 19.7 Å². The second kappa shape index (κ2) is 10.3. The van der Waals surface area contributed by atoms with Gasteiger partial charge in [-0.15, -0.1) is 0 Å². The fourth-order valence-corrected chi connectivity index (χ4v) is 4.57. The molecule has 2 aromatic heterocycles. The molecule has 1 unspecified atom stereocenters. The summed E-state index contributed by atoms with van der Waals surface area (Å²) in [6, 6.07) is 20.8. The van der Waals surface area contributed by atoms with Crippen molar-refractivity contribution in [2.75, 3.05) is 11.9 Å². The van der Waals surface area contributed by atoms with Crippen LogP contribution in [-0.2, 0) is 4.79 Å². The molecule has 1 aliphatic heterocycles. The van der Waals surface area contributed by atoms with Crippen LogP contribution in [-0.4, -0.2) is 38.7 Å². The van der Waals surface area contributed by atoms with Crippen LogP contribution in [0.2, 0.25) is 0 Å². The zero-order chi connectivity index (χ0) is 25.9. The van der Waals surface area contributed by atoms with Crippen LogP contribution in [0.15, 0.2) is 78.5 Å². The molecule has 2 aliphatic rings. The maximum Gasteiger partial charge on any atom is 0.265 e. The van der Waals surface area contributed by atoms with E-state index in [0.29, 0.717) is 46.6 Å². The average Bonchev–Trinajstić information content (AvgIpc) is 3.49. The summed E-state index contributed by atoms with van der Waals surface area (Å²) >= 11 is 0. The molecule has 2 N–H and O–H groups in total. The van der Waals surface area contributed by atoms with Gasteiger partial charge in [-0.1, -0.05) is 24.3 Å². The number of pyridine rings is 1. The second-order valence-electron chi connectivity index (χ2n) is 9.42. The van der Waals surface area contributed by atoms with Crippen LogP contribution in [0.1, 0.15) is 25.7 Å². The number of anilines is 1. The van der Waals surface area contributed by atoms with E-state index in [1.165, 1.54) is 0 Å². The number of aromatic nitrogens is 3. The summed E-state index contributed by atoms with van der Waals surface area (Å²) < 4.78 is 12.1. The number of carbonyl (C=O) groups excluding carboxylic acids is 1. The molecule has 1 saturated heterocycles. The smallest absolute Gasteiger partial charge is 0.265 e. The highest BCUT2D eigenvalue weighted by Gasteiger charge is 2.33. The van der Waals surface area contributed by atoms with Gasteiger partial charge in [-0.2, -0.15) is 10.4 Å². The zero-order valence-corrected chi connectivity index (χ0v) is 20.6. The van der Waals surface area contributed by atoms with Crippen molar-refractivity contribution in [2.24, 2.45) is 5.92 Å². The zero-order valence-electron chi connectivity index (χ0n) is 20.6. The molecule has 0 bridgehead atoms. The number of hydrogen-bond donors (Lipinski definition) is 2. The van der Waals surface area contributed by atoms with Crippen molar-refractivity contribution >= 4 is 22.8 Å². The van der Waals surface area contributed by atoms with E-state index in [-0.39, 0.29) is 17.6 Å². The lowest BCUT2D eigenvalue weighted by Gasteiger charge is -2.25. The minimum absolute atomic E-state index is 0.221. The summed E-state index contributed by atoms with van der Waals surface area (Å²) in [5, 5.41) is 21.0. The van der Waals surface area contributed by atoms with Crippen molar-refractivity contribution in [1.82, 2.24) is 20.1 Å². The number of hydrogen-bond acceptors (Lipinski definition) is 7. The lowest BCUT2D eigenvalue weighted by molar-refractivity contribution is -0.127. The number of para-hydroxylation sites is 1. The Hall–Kier alpha value is -4.84. The second-order valence-corrected chi connectivity index (χ2v) is 9.42. The first-order valence-electron chi connectivity index (χ1n) is 12.7. The molecule has 38 heavy (non-hydrogen) atoms. The van der Waals surface area contributed by atoms with Gasteiger partial charge >= 0.3 is 0 Å². The molecule has 0 radical (unpaired) electrons. The Morgan fingerprint density at radius 2 is 1.76 bits per heavy atom. The predicted octanol–water partition coefficient (Wildman–Crippen LogP) is 5.76. The fraction of sp³-hybridized carbons (Fsp3) is 0.241. The summed E-state index contributed by atoms with van der Waals surface area (Å²) in [4.78, 5) is 19.2. The molecular formula is C29H26N6O3. The van der Waals surface area contributed by atoms with Crippen LogP contribution in [0.5, 0.6) is 23.0 Å². The molecule has 0 spiro atoms. The van der Waals surface area contributed by atoms with E-state index in [4.69, 9.17) is 9.47 Å². The van der Waals surface area contributed by atoms with Gasteiger partial charge in [0.1, 0.15) is 46.2 Å². The molecule has 1 aliphatic carbocycles. The third kappa shape index (κ3) is 5.02. The number of aromatic amines is 1. The number of fused-ring (bicyclic) bond motifs is 1. The molecule has 1 atom stereocenters. The highest BCUT2D eigenvalue weighted by molar-refractivity contribution is 5.98. The quantitative estimate of drug-likeness (QED) is 0.230. The van der Waals surface area contributed by atoms with Crippen LogP contribution >= 0.6 is 0 Å². The number of amides is 1. The van der Waals surface area contributed by atoms with Crippen LogP contribution in [0.3, 0.4) is 0 Å². The summed E-state index contributed by atoms with van der Waals surface area (Å²) in [5.74, 6) is 3.32. The number of carbonyl (C=O) groups is 1. The molecule has 2 fully saturated rings. The van der Waals surface area contributed by atoms with E-state index in [1.54, 1.807) is 17.2 Å². The lowest BCUT2D eigenvalue weighted by Crippen LogP contribution is -2.41. The Balaban J connectivity index is 1.20. The first-order valence-corrected chi connectivity index (χ1v) is 12.7. The van der Waals surface area contributed by atoms with Crippen molar-refractivity contribution in [1.29, 1.82) is 5.26 Å². The normalized spacial score (nSPS) is 17.3. The van der Waals surface area contributed by atoms with E-state index in [0.717, 1.165) is 31.4 Å². The average molecular weight is 507 g/mol. The maximum absolute atomic E-state index is 13.1. The number of H-pyrrole nitrogens is 1. The predicted molar refractivity (Wildman–Crippen MR) is 142 cm³/mol. The number of likely N-dealkylation sites (tertiary alicyclic amines) is 1. The van der Waals surface area contributed by atoms with Gasteiger partial charge in [0.2, 0.25) is 0 Å². The summed E-state index contributed by atoms with van der Waals surface area (Å²) in [6.45, 7) is 0.585. The number of allylic oxidation sites excluding steroid dienone is 1. The molecule has 6 rings (SSSR count). The first kappa shape index (κ1) is 23.6. The number of ether oxygens (including phenoxy) is 2. The number of nitrogens with zero attached hydrogens (tertiary/aromatic N) is 4. The van der Waals surface area contributed by atoms with E-state index < -0.39 is 0 Å². The summed E-state index contributed by atoms with van der Waals surface area (Å²) in [6.07, 6.45) is 6.85. The van der Waals surface area contributed by atoms with E-state index >= 15 is 0 Å². The monoisotopic (exact) mass is 506 g/mol. The Kier molecular flexibility index (Phi) is 6.36. The fourth-order valence-electron chi connectivity index (χ4n) is 4.57. The maximum atomic E-state index is 13.1. The Bertz CT molecular complexity index is 1520. The van der Waals surface area contributed by atoms with Gasteiger partial charge in [-0.25, -0.2) is 4.98 Å². The number of nitrogens with one attached hydrogen (secondary N) is 2. The summed E-state index contributed by atoms with van der Waals surface area (Å²) in [5.41, 5.74) is 0.787. The van der Waals surface area contributed by atoms with Crippen molar-refractivity contribution in [3.63, 3.8) is 0 Å². The van der Waals surface area contributed by atoms with E-state index in [2.05, 4.69) is 26.6 Å². The largest absolute Gasteiger partial charge is 0.457 e. The third-order valence-corrected chi connectivity index (χ3v) is 6.65. The molecule has 9 nitrogen and oxygen atoms in total. The Morgan fingerprint density at radius 1 is 1.03 bits per heavy atom. The Morgan fingerprint density at radius 3 is 2.50 bits per heavy atom. The van der Waals surface area contributed by atoms with E-state index in [1.807, 2.05) is 60.7 Å². The lowest BCUT2D eigenvalue weighted by atomic mass is 10.2.